The summed E-state index contributed by atoms with van der Waals surface area (Å²) in [5.41, 5.74) is 3.64. The van der Waals surface area contributed by atoms with Crippen molar-refractivity contribution in [2.24, 2.45) is 0 Å². The maximum absolute atomic E-state index is 12.9. The summed E-state index contributed by atoms with van der Waals surface area (Å²) < 4.78 is 18.0. The van der Waals surface area contributed by atoms with Crippen LogP contribution in [0.2, 0.25) is 0 Å². The van der Waals surface area contributed by atoms with E-state index in [1.165, 1.54) is 23.3 Å². The highest BCUT2D eigenvalue weighted by atomic mass is 19.1. The molecule has 2 aromatic rings. The van der Waals surface area contributed by atoms with Gasteiger partial charge in [0, 0.05) is 25.2 Å². The van der Waals surface area contributed by atoms with Gasteiger partial charge in [0.15, 0.2) is 0 Å². The van der Waals surface area contributed by atoms with Crippen molar-refractivity contribution < 1.29 is 8.81 Å². The molecule has 0 atom stereocenters. The molecule has 0 saturated carbocycles. The number of rotatable bonds is 3. The molecule has 98 valence electrons. The summed E-state index contributed by atoms with van der Waals surface area (Å²) in [7, 11) is 0. The summed E-state index contributed by atoms with van der Waals surface area (Å²) >= 11 is 0. The van der Waals surface area contributed by atoms with Crippen molar-refractivity contribution in [1.82, 2.24) is 4.90 Å². The zero-order valence-corrected chi connectivity index (χ0v) is 10.7. The third-order valence-electron chi connectivity index (χ3n) is 3.49. The van der Waals surface area contributed by atoms with Crippen molar-refractivity contribution in [2.45, 2.75) is 13.0 Å². The molecule has 1 aliphatic rings. The standard InChI is InChI=1S/C16H16FNO/c17-16-3-1-14(2-4-16)15-5-8-18(9-6-15)11-13-7-10-19-12-13/h1-5,7,10,12H,6,8-9,11H2. The summed E-state index contributed by atoms with van der Waals surface area (Å²) in [6, 6.07) is 8.75. The Morgan fingerprint density at radius 3 is 2.63 bits per heavy atom. The Kier molecular flexibility index (Phi) is 3.47. The fraction of sp³-hybridized carbons (Fsp3) is 0.250. The van der Waals surface area contributed by atoms with Gasteiger partial charge in [0.05, 0.1) is 12.5 Å². The minimum Gasteiger partial charge on any atom is -0.472 e. The molecule has 3 rings (SSSR count). The average Bonchev–Trinajstić information content (AvgIpc) is 2.94. The Hall–Kier alpha value is -1.87. The van der Waals surface area contributed by atoms with Crippen LogP contribution in [0.4, 0.5) is 4.39 Å². The van der Waals surface area contributed by atoms with Crippen LogP contribution in [0, 0.1) is 5.82 Å². The fourth-order valence-corrected chi connectivity index (χ4v) is 2.42. The third kappa shape index (κ3) is 2.93. The highest BCUT2D eigenvalue weighted by molar-refractivity contribution is 5.66. The van der Waals surface area contributed by atoms with Crippen molar-refractivity contribution >= 4 is 5.57 Å². The summed E-state index contributed by atoms with van der Waals surface area (Å²) in [4.78, 5) is 2.37. The molecule has 0 N–H and O–H groups in total. The summed E-state index contributed by atoms with van der Waals surface area (Å²) in [6.07, 6.45) is 6.73. The maximum Gasteiger partial charge on any atom is 0.123 e. The lowest BCUT2D eigenvalue weighted by Crippen LogP contribution is -2.27. The van der Waals surface area contributed by atoms with Gasteiger partial charge >= 0.3 is 0 Å². The van der Waals surface area contributed by atoms with Crippen LogP contribution in [-0.2, 0) is 6.54 Å². The Morgan fingerprint density at radius 2 is 2.00 bits per heavy atom. The molecule has 1 aromatic carbocycles. The molecule has 0 radical (unpaired) electrons. The van der Waals surface area contributed by atoms with Gasteiger partial charge in [-0.1, -0.05) is 18.2 Å². The summed E-state index contributed by atoms with van der Waals surface area (Å²) in [6.45, 7) is 2.87. The minimum absolute atomic E-state index is 0.179. The number of halogens is 1. The molecular formula is C16H16FNO. The molecular weight excluding hydrogens is 241 g/mol. The van der Waals surface area contributed by atoms with E-state index in [2.05, 4.69) is 11.0 Å². The molecule has 2 heterocycles. The average molecular weight is 257 g/mol. The molecule has 0 spiro atoms. The predicted molar refractivity (Wildman–Crippen MR) is 73.0 cm³/mol. The van der Waals surface area contributed by atoms with E-state index in [0.717, 1.165) is 31.6 Å². The highest BCUT2D eigenvalue weighted by Crippen LogP contribution is 2.23. The smallest absolute Gasteiger partial charge is 0.123 e. The Balaban J connectivity index is 1.65. The lowest BCUT2D eigenvalue weighted by atomic mass is 9.99. The van der Waals surface area contributed by atoms with Gasteiger partial charge in [-0.05, 0) is 35.8 Å². The van der Waals surface area contributed by atoms with E-state index in [1.807, 2.05) is 18.2 Å². The van der Waals surface area contributed by atoms with Crippen molar-refractivity contribution in [3.63, 3.8) is 0 Å². The Morgan fingerprint density at radius 1 is 1.16 bits per heavy atom. The van der Waals surface area contributed by atoms with Gasteiger partial charge in [0.25, 0.3) is 0 Å². The van der Waals surface area contributed by atoms with Crippen LogP contribution in [0.25, 0.3) is 5.57 Å². The number of nitrogens with zero attached hydrogens (tertiary/aromatic N) is 1. The van der Waals surface area contributed by atoms with Gasteiger partial charge in [-0.15, -0.1) is 0 Å². The quantitative estimate of drug-likeness (QED) is 0.833. The SMILES string of the molecule is Fc1ccc(C2=CCN(Cc3ccoc3)CC2)cc1. The van der Waals surface area contributed by atoms with E-state index in [4.69, 9.17) is 4.42 Å². The second-order valence-corrected chi connectivity index (χ2v) is 4.85. The van der Waals surface area contributed by atoms with E-state index in [-0.39, 0.29) is 5.82 Å². The molecule has 19 heavy (non-hydrogen) atoms. The molecule has 3 heteroatoms. The first-order valence-electron chi connectivity index (χ1n) is 6.50. The largest absolute Gasteiger partial charge is 0.472 e. The van der Waals surface area contributed by atoms with E-state index < -0.39 is 0 Å². The van der Waals surface area contributed by atoms with Gasteiger partial charge in [-0.25, -0.2) is 4.39 Å². The van der Waals surface area contributed by atoms with Crippen LogP contribution in [0.5, 0.6) is 0 Å². The molecule has 0 unspecified atom stereocenters. The second-order valence-electron chi connectivity index (χ2n) is 4.85. The molecule has 0 amide bonds. The van der Waals surface area contributed by atoms with Crippen LogP contribution in [0.3, 0.4) is 0 Å². The zero-order chi connectivity index (χ0) is 13.1. The van der Waals surface area contributed by atoms with Crippen LogP contribution in [0.1, 0.15) is 17.5 Å². The van der Waals surface area contributed by atoms with Crippen LogP contribution in [-0.4, -0.2) is 18.0 Å². The topological polar surface area (TPSA) is 16.4 Å². The summed E-state index contributed by atoms with van der Waals surface area (Å²) in [5, 5.41) is 0. The lowest BCUT2D eigenvalue weighted by molar-refractivity contribution is 0.293. The lowest BCUT2D eigenvalue weighted by Gasteiger charge is -2.25. The zero-order valence-electron chi connectivity index (χ0n) is 10.7. The highest BCUT2D eigenvalue weighted by Gasteiger charge is 2.13. The van der Waals surface area contributed by atoms with Gasteiger partial charge < -0.3 is 4.42 Å². The Labute approximate surface area is 112 Å². The predicted octanol–water partition coefficient (Wildman–Crippen LogP) is 3.71. The Bertz CT molecular complexity index is 557. The molecule has 0 saturated heterocycles. The monoisotopic (exact) mass is 257 g/mol. The van der Waals surface area contributed by atoms with E-state index in [9.17, 15) is 4.39 Å². The molecule has 2 nitrogen and oxygen atoms in total. The van der Waals surface area contributed by atoms with E-state index >= 15 is 0 Å². The van der Waals surface area contributed by atoms with Crippen molar-refractivity contribution in [3.05, 3.63) is 65.9 Å². The van der Waals surface area contributed by atoms with Gasteiger partial charge in [0.1, 0.15) is 5.82 Å². The second kappa shape index (κ2) is 5.41. The molecule has 1 aliphatic heterocycles. The van der Waals surface area contributed by atoms with Gasteiger partial charge in [0.2, 0.25) is 0 Å². The summed E-state index contributed by atoms with van der Waals surface area (Å²) in [5.74, 6) is -0.179. The first-order chi connectivity index (χ1) is 9.31. The van der Waals surface area contributed by atoms with E-state index in [1.54, 1.807) is 12.5 Å². The maximum atomic E-state index is 12.9. The molecule has 0 aliphatic carbocycles. The van der Waals surface area contributed by atoms with Crippen LogP contribution >= 0.6 is 0 Å². The number of furan rings is 1. The van der Waals surface area contributed by atoms with Gasteiger partial charge in [-0.3, -0.25) is 4.90 Å². The van der Waals surface area contributed by atoms with Gasteiger partial charge in [-0.2, -0.15) is 0 Å². The fourth-order valence-electron chi connectivity index (χ4n) is 2.42. The van der Waals surface area contributed by atoms with Crippen LogP contribution in [0.15, 0.2) is 53.4 Å². The number of hydrogen-bond donors (Lipinski definition) is 0. The first-order valence-corrected chi connectivity index (χ1v) is 6.50. The third-order valence-corrected chi connectivity index (χ3v) is 3.49. The van der Waals surface area contributed by atoms with Crippen molar-refractivity contribution in [1.29, 1.82) is 0 Å². The van der Waals surface area contributed by atoms with E-state index in [0.29, 0.717) is 0 Å². The number of benzene rings is 1. The van der Waals surface area contributed by atoms with Crippen molar-refractivity contribution in [3.8, 4) is 0 Å². The first kappa shape index (κ1) is 12.2. The minimum atomic E-state index is -0.179. The molecule has 0 fully saturated rings. The van der Waals surface area contributed by atoms with Crippen LogP contribution < -0.4 is 0 Å². The number of hydrogen-bond acceptors (Lipinski definition) is 2. The van der Waals surface area contributed by atoms with Crippen molar-refractivity contribution in [2.75, 3.05) is 13.1 Å². The molecule has 0 bridgehead atoms. The molecule has 1 aromatic heterocycles. The normalized spacial score (nSPS) is 16.4.